The highest BCUT2D eigenvalue weighted by Crippen LogP contribution is 2.22. The maximum absolute atomic E-state index is 12.8. The van der Waals surface area contributed by atoms with Gasteiger partial charge in [0, 0.05) is 18.0 Å². The van der Waals surface area contributed by atoms with E-state index < -0.39 is 0 Å². The fourth-order valence-electron chi connectivity index (χ4n) is 3.55. The molecule has 2 heterocycles. The molecular formula is C25H17N7O2. The topological polar surface area (TPSA) is 139 Å². The van der Waals surface area contributed by atoms with E-state index in [1.165, 1.54) is 6.20 Å². The highest BCUT2D eigenvalue weighted by molar-refractivity contribution is 6.11. The summed E-state index contributed by atoms with van der Waals surface area (Å²) in [5.74, 6) is -0.170. The van der Waals surface area contributed by atoms with E-state index in [0.717, 1.165) is 11.1 Å². The fourth-order valence-corrected chi connectivity index (χ4v) is 3.55. The second-order valence-electron chi connectivity index (χ2n) is 7.40. The number of anilines is 2. The summed E-state index contributed by atoms with van der Waals surface area (Å²) >= 11 is 0. The van der Waals surface area contributed by atoms with Crippen LogP contribution >= 0.6 is 0 Å². The molecule has 0 saturated heterocycles. The second-order valence-corrected chi connectivity index (χ2v) is 7.40. The standard InChI is InChI=1S/C25H17N7O2/c26-14-15-3-1-4-18(13-15)16-7-9-17(10-8-16)22(33)31-25-29-20-6-2-5-19(21(20)30-25)23(34)32-24-27-11-12-28-24/h1-13H,(H2,27,28,32,34)(H2,29,30,31,33). The van der Waals surface area contributed by atoms with Crippen molar-refractivity contribution in [3.05, 3.63) is 95.8 Å². The summed E-state index contributed by atoms with van der Waals surface area (Å²) in [4.78, 5) is 39.6. The predicted octanol–water partition coefficient (Wildman–Crippen LogP) is 4.33. The lowest BCUT2D eigenvalue weighted by atomic mass is 10.0. The van der Waals surface area contributed by atoms with E-state index in [4.69, 9.17) is 5.26 Å². The van der Waals surface area contributed by atoms with E-state index in [2.05, 4.69) is 36.6 Å². The van der Waals surface area contributed by atoms with Gasteiger partial charge in [0.25, 0.3) is 11.8 Å². The zero-order valence-corrected chi connectivity index (χ0v) is 17.7. The highest BCUT2D eigenvalue weighted by atomic mass is 16.2. The number of carbonyl (C=O) groups excluding carboxylic acids is 2. The van der Waals surface area contributed by atoms with E-state index in [0.29, 0.717) is 33.7 Å². The third-order valence-electron chi connectivity index (χ3n) is 5.19. The molecule has 0 aliphatic carbocycles. The van der Waals surface area contributed by atoms with Crippen LogP contribution < -0.4 is 10.6 Å². The van der Waals surface area contributed by atoms with E-state index in [1.807, 2.05) is 24.3 Å². The molecule has 5 aromatic rings. The SMILES string of the molecule is N#Cc1cccc(-c2ccc(C(=O)Nc3nc4c(C(=O)Nc5ncc[nH]5)cccc4[nH]3)cc2)c1. The van der Waals surface area contributed by atoms with Gasteiger partial charge in [-0.3, -0.25) is 20.2 Å². The molecule has 0 fully saturated rings. The first-order chi connectivity index (χ1) is 16.6. The van der Waals surface area contributed by atoms with Crippen LogP contribution in [0, 0.1) is 11.3 Å². The number of rotatable bonds is 5. The van der Waals surface area contributed by atoms with Crippen LogP contribution in [-0.2, 0) is 0 Å². The molecule has 0 aliphatic rings. The summed E-state index contributed by atoms with van der Waals surface area (Å²) in [7, 11) is 0. The van der Waals surface area contributed by atoms with Crippen LogP contribution in [0.4, 0.5) is 11.9 Å². The first-order valence-electron chi connectivity index (χ1n) is 10.3. The lowest BCUT2D eigenvalue weighted by Crippen LogP contribution is -2.14. The number of fused-ring (bicyclic) bond motifs is 1. The van der Waals surface area contributed by atoms with E-state index in [1.54, 1.807) is 48.7 Å². The summed E-state index contributed by atoms with van der Waals surface area (Å²) in [5.41, 5.74) is 4.17. The monoisotopic (exact) mass is 447 g/mol. The van der Waals surface area contributed by atoms with Crippen LogP contribution in [0.1, 0.15) is 26.3 Å². The largest absolute Gasteiger partial charge is 0.331 e. The number of aromatic nitrogens is 4. The Labute approximate surface area is 193 Å². The lowest BCUT2D eigenvalue weighted by Gasteiger charge is -2.05. The van der Waals surface area contributed by atoms with E-state index in [9.17, 15) is 9.59 Å². The number of carbonyl (C=O) groups is 2. The van der Waals surface area contributed by atoms with Crippen molar-refractivity contribution < 1.29 is 9.59 Å². The Morgan fingerprint density at radius 3 is 2.44 bits per heavy atom. The zero-order valence-electron chi connectivity index (χ0n) is 17.7. The number of para-hydroxylation sites is 1. The Balaban J connectivity index is 1.34. The van der Waals surface area contributed by atoms with Crippen molar-refractivity contribution in [3.8, 4) is 17.2 Å². The minimum atomic E-state index is -0.374. The smallest absolute Gasteiger partial charge is 0.260 e. The molecule has 2 amide bonds. The Kier molecular flexibility index (Phi) is 5.30. The van der Waals surface area contributed by atoms with Crippen molar-refractivity contribution in [3.63, 3.8) is 0 Å². The molecule has 0 unspecified atom stereocenters. The van der Waals surface area contributed by atoms with Gasteiger partial charge in [-0.05, 0) is 47.5 Å². The fraction of sp³-hybridized carbons (Fsp3) is 0. The molecule has 0 bridgehead atoms. The van der Waals surface area contributed by atoms with Gasteiger partial charge in [0.1, 0.15) is 5.52 Å². The van der Waals surface area contributed by atoms with Crippen molar-refractivity contribution >= 4 is 34.7 Å². The van der Waals surface area contributed by atoms with Crippen molar-refractivity contribution in [2.75, 3.05) is 10.6 Å². The summed E-state index contributed by atoms with van der Waals surface area (Å²) < 4.78 is 0. The number of benzene rings is 3. The molecule has 9 nitrogen and oxygen atoms in total. The summed E-state index contributed by atoms with van der Waals surface area (Å²) in [6.45, 7) is 0. The summed E-state index contributed by atoms with van der Waals surface area (Å²) in [5, 5.41) is 14.5. The molecule has 34 heavy (non-hydrogen) atoms. The van der Waals surface area contributed by atoms with Crippen LogP contribution in [0.15, 0.2) is 79.1 Å². The second kappa shape index (κ2) is 8.72. The van der Waals surface area contributed by atoms with Gasteiger partial charge in [-0.15, -0.1) is 0 Å². The van der Waals surface area contributed by atoms with Crippen LogP contribution in [0.3, 0.4) is 0 Å². The molecule has 0 aliphatic heterocycles. The number of H-pyrrole nitrogens is 2. The Morgan fingerprint density at radius 1 is 0.882 bits per heavy atom. The van der Waals surface area contributed by atoms with Crippen LogP contribution in [0.25, 0.3) is 22.2 Å². The third-order valence-corrected chi connectivity index (χ3v) is 5.19. The molecule has 2 aromatic heterocycles. The van der Waals surface area contributed by atoms with Gasteiger partial charge in [0.2, 0.25) is 11.9 Å². The van der Waals surface area contributed by atoms with Crippen LogP contribution in [-0.4, -0.2) is 31.8 Å². The molecular weight excluding hydrogens is 430 g/mol. The summed E-state index contributed by atoms with van der Waals surface area (Å²) in [6, 6.07) is 21.6. The van der Waals surface area contributed by atoms with Gasteiger partial charge >= 0.3 is 0 Å². The molecule has 9 heteroatoms. The first-order valence-corrected chi connectivity index (χ1v) is 10.3. The molecule has 3 aromatic carbocycles. The molecule has 4 N–H and O–H groups in total. The Morgan fingerprint density at radius 2 is 1.68 bits per heavy atom. The maximum atomic E-state index is 12.8. The number of nitrogens with zero attached hydrogens (tertiary/aromatic N) is 3. The van der Waals surface area contributed by atoms with Gasteiger partial charge in [0.05, 0.1) is 22.7 Å². The number of amides is 2. The average Bonchev–Trinajstić information content (AvgIpc) is 3.53. The van der Waals surface area contributed by atoms with Gasteiger partial charge in [-0.2, -0.15) is 5.26 Å². The summed E-state index contributed by atoms with van der Waals surface area (Å²) in [6.07, 6.45) is 3.14. The molecule has 0 atom stereocenters. The maximum Gasteiger partial charge on any atom is 0.260 e. The normalized spacial score (nSPS) is 10.6. The Bertz CT molecular complexity index is 1540. The molecule has 0 saturated carbocycles. The first kappa shape index (κ1) is 20.7. The number of imidazole rings is 2. The number of nitrogens with one attached hydrogen (secondary N) is 4. The van der Waals surface area contributed by atoms with Gasteiger partial charge in [-0.25, -0.2) is 9.97 Å². The number of hydrogen-bond acceptors (Lipinski definition) is 5. The molecule has 5 rings (SSSR count). The van der Waals surface area contributed by atoms with Crippen molar-refractivity contribution in [2.24, 2.45) is 0 Å². The molecule has 164 valence electrons. The van der Waals surface area contributed by atoms with Crippen molar-refractivity contribution in [1.82, 2.24) is 19.9 Å². The minimum absolute atomic E-state index is 0.226. The van der Waals surface area contributed by atoms with Gasteiger partial charge in [-0.1, -0.05) is 30.3 Å². The molecule has 0 radical (unpaired) electrons. The number of nitriles is 1. The van der Waals surface area contributed by atoms with Crippen LogP contribution in [0.2, 0.25) is 0 Å². The highest BCUT2D eigenvalue weighted by Gasteiger charge is 2.16. The lowest BCUT2D eigenvalue weighted by molar-refractivity contribution is 0.101. The van der Waals surface area contributed by atoms with Crippen molar-refractivity contribution in [2.45, 2.75) is 0 Å². The molecule has 0 spiro atoms. The van der Waals surface area contributed by atoms with E-state index >= 15 is 0 Å². The zero-order chi connectivity index (χ0) is 23.5. The average molecular weight is 447 g/mol. The number of aromatic amines is 2. The minimum Gasteiger partial charge on any atom is -0.331 e. The predicted molar refractivity (Wildman–Crippen MR) is 127 cm³/mol. The third kappa shape index (κ3) is 4.11. The van der Waals surface area contributed by atoms with Gasteiger partial charge in [0.15, 0.2) is 0 Å². The van der Waals surface area contributed by atoms with E-state index in [-0.39, 0.29) is 17.8 Å². The number of hydrogen-bond donors (Lipinski definition) is 4. The Hall–Kier alpha value is -5.23. The quantitative estimate of drug-likeness (QED) is 0.318. The van der Waals surface area contributed by atoms with Crippen LogP contribution in [0.5, 0.6) is 0 Å². The van der Waals surface area contributed by atoms with Crippen molar-refractivity contribution in [1.29, 1.82) is 5.26 Å². The van der Waals surface area contributed by atoms with Gasteiger partial charge < -0.3 is 9.97 Å².